The van der Waals surface area contributed by atoms with E-state index in [2.05, 4.69) is 13.8 Å². The molecule has 0 amide bonds. The molecule has 0 aromatic carbocycles. The van der Waals surface area contributed by atoms with Gasteiger partial charge in [-0.25, -0.2) is 0 Å². The summed E-state index contributed by atoms with van der Waals surface area (Å²) in [6.07, 6.45) is 2.71. The minimum atomic E-state index is -3.79. The highest BCUT2D eigenvalue weighted by Crippen LogP contribution is 2.48. The van der Waals surface area contributed by atoms with Crippen LogP contribution in [-0.2, 0) is 9.09 Å². The van der Waals surface area contributed by atoms with Crippen molar-refractivity contribution in [3.8, 4) is 0 Å². The second-order valence-corrected chi connectivity index (χ2v) is 6.10. The van der Waals surface area contributed by atoms with Crippen LogP contribution in [0, 0.1) is 11.8 Å². The Bertz CT molecular complexity index is 204. The molecule has 13 heavy (non-hydrogen) atoms. The van der Waals surface area contributed by atoms with Crippen molar-refractivity contribution in [1.82, 2.24) is 0 Å². The third-order valence-electron chi connectivity index (χ3n) is 2.47. The van der Waals surface area contributed by atoms with Gasteiger partial charge in [0.1, 0.15) is 0 Å². The van der Waals surface area contributed by atoms with E-state index in [-0.39, 0.29) is 6.10 Å². The van der Waals surface area contributed by atoms with E-state index in [9.17, 15) is 8.76 Å². The van der Waals surface area contributed by atoms with Gasteiger partial charge in [0.05, 0.1) is 6.10 Å². The van der Waals surface area contributed by atoms with Crippen molar-refractivity contribution < 1.29 is 13.3 Å². The standard InChI is InChI=1S/C9H18FO2P/c1-7-4-8(2)6-9(5-7)12-13(3,10)11/h7-9H,4-6H2,1-3H3. The lowest BCUT2D eigenvalue weighted by molar-refractivity contribution is 0.0972. The first-order valence-electron chi connectivity index (χ1n) is 4.82. The summed E-state index contributed by atoms with van der Waals surface area (Å²) in [5.41, 5.74) is 0. The van der Waals surface area contributed by atoms with Crippen LogP contribution in [0.15, 0.2) is 0 Å². The first kappa shape index (κ1) is 11.2. The molecule has 1 fully saturated rings. The Balaban J connectivity index is 2.46. The van der Waals surface area contributed by atoms with Crippen LogP contribution >= 0.6 is 7.68 Å². The van der Waals surface area contributed by atoms with E-state index in [1.54, 1.807) is 0 Å². The summed E-state index contributed by atoms with van der Waals surface area (Å²) >= 11 is 0. The number of rotatable bonds is 2. The third kappa shape index (κ3) is 4.24. The third-order valence-corrected chi connectivity index (χ3v) is 3.15. The maximum absolute atomic E-state index is 12.8. The van der Waals surface area contributed by atoms with Gasteiger partial charge < -0.3 is 4.52 Å². The Labute approximate surface area is 79.4 Å². The fourth-order valence-electron chi connectivity index (χ4n) is 2.23. The van der Waals surface area contributed by atoms with Crippen LogP contribution in [0.5, 0.6) is 0 Å². The monoisotopic (exact) mass is 208 g/mol. The van der Waals surface area contributed by atoms with E-state index in [1.807, 2.05) is 0 Å². The first-order valence-corrected chi connectivity index (χ1v) is 6.78. The largest absolute Gasteiger partial charge is 0.364 e. The van der Waals surface area contributed by atoms with Gasteiger partial charge in [-0.2, -0.15) is 4.20 Å². The number of halogens is 1. The van der Waals surface area contributed by atoms with Gasteiger partial charge in [-0.05, 0) is 31.1 Å². The Hall–Kier alpha value is 0.120. The van der Waals surface area contributed by atoms with Gasteiger partial charge in [-0.3, -0.25) is 4.57 Å². The van der Waals surface area contributed by atoms with Crippen molar-refractivity contribution in [3.05, 3.63) is 0 Å². The lowest BCUT2D eigenvalue weighted by Gasteiger charge is -2.31. The van der Waals surface area contributed by atoms with Gasteiger partial charge in [-0.1, -0.05) is 13.8 Å². The Morgan fingerprint density at radius 3 is 2.08 bits per heavy atom. The molecule has 3 unspecified atom stereocenters. The lowest BCUT2D eigenvalue weighted by atomic mass is 9.82. The average molecular weight is 208 g/mol. The normalized spacial score (nSPS) is 39.8. The van der Waals surface area contributed by atoms with E-state index >= 15 is 0 Å². The molecule has 1 aliphatic carbocycles. The highest BCUT2D eigenvalue weighted by Gasteiger charge is 2.29. The minimum absolute atomic E-state index is 0.139. The number of hydrogen-bond donors (Lipinski definition) is 0. The fraction of sp³-hybridized carbons (Fsp3) is 1.00. The van der Waals surface area contributed by atoms with Crippen LogP contribution < -0.4 is 0 Å². The van der Waals surface area contributed by atoms with Gasteiger partial charge in [0.25, 0.3) is 0 Å². The van der Waals surface area contributed by atoms with Crippen molar-refractivity contribution in [2.24, 2.45) is 11.8 Å². The van der Waals surface area contributed by atoms with E-state index in [1.165, 1.54) is 6.42 Å². The Morgan fingerprint density at radius 1 is 1.23 bits per heavy atom. The zero-order valence-corrected chi connectivity index (χ0v) is 9.39. The van der Waals surface area contributed by atoms with Gasteiger partial charge in [0.15, 0.2) is 0 Å². The summed E-state index contributed by atoms with van der Waals surface area (Å²) in [6.45, 7) is 5.30. The molecular formula is C9H18FO2P. The van der Waals surface area contributed by atoms with Crippen molar-refractivity contribution in [1.29, 1.82) is 0 Å². The molecule has 0 radical (unpaired) electrons. The molecule has 0 bridgehead atoms. The molecule has 0 aromatic heterocycles. The van der Waals surface area contributed by atoms with Crippen molar-refractivity contribution in [2.75, 3.05) is 6.66 Å². The van der Waals surface area contributed by atoms with Crippen LogP contribution in [0.1, 0.15) is 33.1 Å². The molecule has 1 aliphatic rings. The summed E-state index contributed by atoms with van der Waals surface area (Å²) in [4.78, 5) is 0. The first-order chi connectivity index (χ1) is 5.87. The molecule has 78 valence electrons. The van der Waals surface area contributed by atoms with Crippen molar-refractivity contribution in [3.63, 3.8) is 0 Å². The topological polar surface area (TPSA) is 26.3 Å². The van der Waals surface area contributed by atoms with Gasteiger partial charge >= 0.3 is 7.68 Å². The summed E-state index contributed by atoms with van der Waals surface area (Å²) in [6, 6.07) is 0. The van der Waals surface area contributed by atoms with Crippen molar-refractivity contribution >= 4 is 7.68 Å². The molecule has 0 saturated heterocycles. The summed E-state index contributed by atoms with van der Waals surface area (Å²) in [7, 11) is -3.79. The van der Waals surface area contributed by atoms with Crippen LogP contribution in [0.3, 0.4) is 0 Å². The molecule has 0 aromatic rings. The molecule has 4 heteroatoms. The molecule has 0 heterocycles. The summed E-state index contributed by atoms with van der Waals surface area (Å²) in [5, 5.41) is 0. The van der Waals surface area contributed by atoms with Gasteiger partial charge in [-0.15, -0.1) is 0 Å². The molecule has 1 rings (SSSR count). The number of hydrogen-bond acceptors (Lipinski definition) is 2. The maximum Gasteiger partial charge on any atom is 0.364 e. The van der Waals surface area contributed by atoms with Gasteiger partial charge in [0, 0.05) is 6.66 Å². The molecule has 2 nitrogen and oxygen atoms in total. The maximum atomic E-state index is 12.8. The minimum Gasteiger partial charge on any atom is -0.302 e. The predicted molar refractivity (Wildman–Crippen MR) is 51.7 cm³/mol. The fourth-order valence-corrected chi connectivity index (χ4v) is 2.93. The molecular weight excluding hydrogens is 190 g/mol. The predicted octanol–water partition coefficient (Wildman–Crippen LogP) is 3.62. The van der Waals surface area contributed by atoms with E-state index in [0.29, 0.717) is 11.8 Å². The highest BCUT2D eigenvalue weighted by atomic mass is 31.2. The quantitative estimate of drug-likeness (QED) is 0.648. The molecule has 3 atom stereocenters. The van der Waals surface area contributed by atoms with Crippen LogP contribution in [0.25, 0.3) is 0 Å². The summed E-state index contributed by atoms with van der Waals surface area (Å²) < 4.78 is 28.5. The van der Waals surface area contributed by atoms with Gasteiger partial charge in [0.2, 0.25) is 0 Å². The second-order valence-electron chi connectivity index (χ2n) is 4.39. The highest BCUT2D eigenvalue weighted by molar-refractivity contribution is 7.52. The molecule has 0 N–H and O–H groups in total. The van der Waals surface area contributed by atoms with Crippen LogP contribution in [0.4, 0.5) is 4.20 Å². The smallest absolute Gasteiger partial charge is 0.302 e. The molecule has 0 aliphatic heterocycles. The molecule has 0 spiro atoms. The lowest BCUT2D eigenvalue weighted by Crippen LogP contribution is -2.25. The SMILES string of the molecule is CC1CC(C)CC(OP(C)(=O)F)C1. The van der Waals surface area contributed by atoms with Crippen molar-refractivity contribution in [2.45, 2.75) is 39.2 Å². The zero-order chi connectivity index (χ0) is 10.1. The Morgan fingerprint density at radius 2 is 1.69 bits per heavy atom. The zero-order valence-electron chi connectivity index (χ0n) is 8.50. The van der Waals surface area contributed by atoms with Crippen LogP contribution in [-0.4, -0.2) is 12.8 Å². The van der Waals surface area contributed by atoms with E-state index < -0.39 is 7.68 Å². The molecule has 1 saturated carbocycles. The average Bonchev–Trinajstić information content (AvgIpc) is 1.78. The van der Waals surface area contributed by atoms with E-state index in [4.69, 9.17) is 4.52 Å². The second kappa shape index (κ2) is 4.10. The van der Waals surface area contributed by atoms with Crippen LogP contribution in [0.2, 0.25) is 0 Å². The van der Waals surface area contributed by atoms with E-state index in [0.717, 1.165) is 19.5 Å². The summed E-state index contributed by atoms with van der Waals surface area (Å²) in [5.74, 6) is 1.11. The Kier molecular flexibility index (Phi) is 3.53.